The maximum Gasteiger partial charge on any atom is 0.391 e. The average molecular weight is 260 g/mol. The molecule has 1 rings (SSSR count). The molecule has 2 nitrogen and oxygen atoms in total. The molecule has 0 bridgehead atoms. The summed E-state index contributed by atoms with van der Waals surface area (Å²) in [6.45, 7) is 2.82. The highest BCUT2D eigenvalue weighted by Gasteiger charge is 2.26. The molecule has 100 valence electrons. The van der Waals surface area contributed by atoms with Crippen molar-refractivity contribution < 1.29 is 22.7 Å². The van der Waals surface area contributed by atoms with E-state index in [2.05, 4.69) is 0 Å². The monoisotopic (exact) mass is 260 g/mol. The van der Waals surface area contributed by atoms with Crippen LogP contribution in [0, 0.1) is 13.8 Å². The Bertz CT molecular complexity index is 425. The average Bonchev–Trinajstić information content (AvgIpc) is 2.26. The van der Waals surface area contributed by atoms with Gasteiger partial charge in [-0.05, 0) is 25.5 Å². The van der Waals surface area contributed by atoms with E-state index in [1.807, 2.05) is 13.0 Å². The molecule has 0 aliphatic rings. The summed E-state index contributed by atoms with van der Waals surface area (Å²) < 4.78 is 40.3. The molecule has 0 aliphatic carbocycles. The third kappa shape index (κ3) is 4.87. The second-order valence-corrected chi connectivity index (χ2v) is 4.16. The van der Waals surface area contributed by atoms with Crippen molar-refractivity contribution in [2.45, 2.75) is 26.4 Å². The van der Waals surface area contributed by atoms with E-state index in [4.69, 9.17) is 4.74 Å². The number of halogens is 3. The Balaban J connectivity index is 2.48. The standard InChI is InChI=1S/C13H15F3O2/c1-9-3-4-10(2)11(7-9)12(17)8-18-6-5-13(14,15)16/h3-4,7H,5-6,8H2,1-2H3. The second kappa shape index (κ2) is 6.00. The Hall–Kier alpha value is -1.36. The second-order valence-electron chi connectivity index (χ2n) is 4.16. The van der Waals surface area contributed by atoms with Gasteiger partial charge < -0.3 is 4.74 Å². The third-order valence-corrected chi connectivity index (χ3v) is 2.46. The van der Waals surface area contributed by atoms with E-state index < -0.39 is 19.2 Å². The van der Waals surface area contributed by atoms with E-state index in [9.17, 15) is 18.0 Å². The van der Waals surface area contributed by atoms with Crippen LogP contribution in [0.1, 0.15) is 27.9 Å². The number of aryl methyl sites for hydroxylation is 2. The van der Waals surface area contributed by atoms with Crippen molar-refractivity contribution in [1.82, 2.24) is 0 Å². The van der Waals surface area contributed by atoms with Crippen molar-refractivity contribution in [3.8, 4) is 0 Å². The fourth-order valence-electron chi connectivity index (χ4n) is 1.47. The smallest absolute Gasteiger partial charge is 0.373 e. The van der Waals surface area contributed by atoms with E-state index >= 15 is 0 Å². The summed E-state index contributed by atoms with van der Waals surface area (Å²) in [6.07, 6.45) is -5.28. The molecular weight excluding hydrogens is 245 g/mol. The zero-order valence-electron chi connectivity index (χ0n) is 10.3. The Morgan fingerprint density at radius 3 is 2.56 bits per heavy atom. The van der Waals surface area contributed by atoms with E-state index in [1.165, 1.54) is 0 Å². The largest absolute Gasteiger partial charge is 0.391 e. The van der Waals surface area contributed by atoms with Gasteiger partial charge in [0.15, 0.2) is 5.78 Å². The van der Waals surface area contributed by atoms with Gasteiger partial charge in [-0.15, -0.1) is 0 Å². The highest BCUT2D eigenvalue weighted by Crippen LogP contribution is 2.19. The summed E-state index contributed by atoms with van der Waals surface area (Å²) in [5.74, 6) is -0.293. The Morgan fingerprint density at radius 2 is 1.94 bits per heavy atom. The van der Waals surface area contributed by atoms with E-state index in [0.717, 1.165) is 11.1 Å². The molecule has 1 aromatic carbocycles. The molecule has 0 saturated heterocycles. The van der Waals surface area contributed by atoms with Gasteiger partial charge in [-0.1, -0.05) is 17.7 Å². The van der Waals surface area contributed by atoms with Crippen LogP contribution >= 0.6 is 0 Å². The van der Waals surface area contributed by atoms with Crippen molar-refractivity contribution in [2.75, 3.05) is 13.2 Å². The summed E-state index contributed by atoms with van der Waals surface area (Å²) in [4.78, 5) is 11.7. The van der Waals surface area contributed by atoms with Gasteiger partial charge in [-0.2, -0.15) is 13.2 Å². The van der Waals surface area contributed by atoms with Crippen molar-refractivity contribution in [2.24, 2.45) is 0 Å². The first kappa shape index (κ1) is 14.7. The quantitative estimate of drug-likeness (QED) is 0.598. The predicted molar refractivity (Wildman–Crippen MR) is 61.7 cm³/mol. The van der Waals surface area contributed by atoms with E-state index in [0.29, 0.717) is 5.56 Å². The summed E-state index contributed by atoms with van der Waals surface area (Å²) in [6, 6.07) is 5.39. The Labute approximate surface area is 104 Å². The van der Waals surface area contributed by atoms with Crippen molar-refractivity contribution in [1.29, 1.82) is 0 Å². The van der Waals surface area contributed by atoms with Gasteiger partial charge in [0, 0.05) is 5.56 Å². The molecular formula is C13H15F3O2. The van der Waals surface area contributed by atoms with Crippen LogP contribution in [-0.4, -0.2) is 25.2 Å². The lowest BCUT2D eigenvalue weighted by Crippen LogP contribution is -2.16. The fourth-order valence-corrected chi connectivity index (χ4v) is 1.47. The van der Waals surface area contributed by atoms with Gasteiger partial charge in [0.05, 0.1) is 13.0 Å². The van der Waals surface area contributed by atoms with E-state index in [1.54, 1.807) is 19.1 Å². The number of hydrogen-bond donors (Lipinski definition) is 0. The SMILES string of the molecule is Cc1ccc(C)c(C(=O)COCCC(F)(F)F)c1. The molecule has 0 heterocycles. The molecule has 0 N–H and O–H groups in total. The van der Waals surface area contributed by atoms with Crippen LogP contribution in [0.4, 0.5) is 13.2 Å². The molecule has 0 radical (unpaired) electrons. The van der Waals surface area contributed by atoms with Crippen LogP contribution in [0.3, 0.4) is 0 Å². The number of Topliss-reactive ketones (excluding diaryl/α,β-unsaturated/α-hetero) is 1. The minimum absolute atomic E-state index is 0.293. The normalized spacial score (nSPS) is 11.6. The number of carbonyl (C=O) groups is 1. The number of carbonyl (C=O) groups excluding carboxylic acids is 1. The summed E-state index contributed by atoms with van der Waals surface area (Å²) in [5.41, 5.74) is 2.23. The Kier molecular flexibility index (Phi) is 4.90. The van der Waals surface area contributed by atoms with E-state index in [-0.39, 0.29) is 12.4 Å². The van der Waals surface area contributed by atoms with Crippen molar-refractivity contribution in [3.63, 3.8) is 0 Å². The first-order valence-corrected chi connectivity index (χ1v) is 5.54. The fraction of sp³-hybridized carbons (Fsp3) is 0.462. The number of rotatable bonds is 5. The first-order valence-electron chi connectivity index (χ1n) is 5.54. The Morgan fingerprint density at radius 1 is 1.28 bits per heavy atom. The minimum Gasteiger partial charge on any atom is -0.373 e. The van der Waals surface area contributed by atoms with Crippen LogP contribution in [0.15, 0.2) is 18.2 Å². The third-order valence-electron chi connectivity index (χ3n) is 2.46. The van der Waals surface area contributed by atoms with Crippen molar-refractivity contribution >= 4 is 5.78 Å². The summed E-state index contributed by atoms with van der Waals surface area (Å²) >= 11 is 0. The highest BCUT2D eigenvalue weighted by molar-refractivity contribution is 5.98. The summed E-state index contributed by atoms with van der Waals surface area (Å²) in [5, 5.41) is 0. The minimum atomic E-state index is -4.25. The van der Waals surface area contributed by atoms with Gasteiger partial charge in [0.25, 0.3) is 0 Å². The molecule has 0 spiro atoms. The van der Waals surface area contributed by atoms with Gasteiger partial charge in [-0.25, -0.2) is 0 Å². The maximum absolute atomic E-state index is 11.9. The number of alkyl halides is 3. The topological polar surface area (TPSA) is 26.3 Å². The number of ketones is 1. The zero-order valence-corrected chi connectivity index (χ0v) is 10.3. The molecule has 0 amide bonds. The molecule has 0 fully saturated rings. The number of benzene rings is 1. The molecule has 0 saturated carbocycles. The highest BCUT2D eigenvalue weighted by atomic mass is 19.4. The zero-order chi connectivity index (χ0) is 13.8. The van der Waals surface area contributed by atoms with Gasteiger partial charge >= 0.3 is 6.18 Å². The van der Waals surface area contributed by atoms with Crippen LogP contribution in [-0.2, 0) is 4.74 Å². The number of ether oxygens (including phenoxy) is 1. The maximum atomic E-state index is 11.9. The van der Waals surface area contributed by atoms with Crippen LogP contribution in [0.5, 0.6) is 0 Å². The van der Waals surface area contributed by atoms with Crippen LogP contribution in [0.25, 0.3) is 0 Å². The van der Waals surface area contributed by atoms with Gasteiger partial charge in [0.2, 0.25) is 0 Å². The molecule has 18 heavy (non-hydrogen) atoms. The molecule has 5 heteroatoms. The first-order chi connectivity index (χ1) is 8.29. The van der Waals surface area contributed by atoms with Crippen LogP contribution < -0.4 is 0 Å². The lowest BCUT2D eigenvalue weighted by Gasteiger charge is -2.08. The van der Waals surface area contributed by atoms with Crippen molar-refractivity contribution in [3.05, 3.63) is 34.9 Å². The lowest BCUT2D eigenvalue weighted by atomic mass is 10.0. The molecule has 0 aromatic heterocycles. The van der Waals surface area contributed by atoms with Gasteiger partial charge in [-0.3, -0.25) is 4.79 Å². The predicted octanol–water partition coefficient (Wildman–Crippen LogP) is 3.46. The lowest BCUT2D eigenvalue weighted by molar-refractivity contribution is -0.144. The summed E-state index contributed by atoms with van der Waals surface area (Å²) in [7, 11) is 0. The molecule has 0 unspecified atom stereocenters. The molecule has 0 aliphatic heterocycles. The molecule has 1 aromatic rings. The molecule has 0 atom stereocenters. The van der Waals surface area contributed by atoms with Crippen LogP contribution in [0.2, 0.25) is 0 Å². The van der Waals surface area contributed by atoms with Gasteiger partial charge in [0.1, 0.15) is 6.61 Å². The number of hydrogen-bond acceptors (Lipinski definition) is 2.